The number of rotatable bonds is 7. The Morgan fingerprint density at radius 1 is 1.25 bits per heavy atom. The van der Waals surface area contributed by atoms with E-state index in [9.17, 15) is 0 Å². The average Bonchev–Trinajstić information content (AvgIpc) is 3.09. The van der Waals surface area contributed by atoms with Gasteiger partial charge in [-0.05, 0) is 26.2 Å². The Morgan fingerprint density at radius 2 is 2.00 bits per heavy atom. The number of anilines is 1. The van der Waals surface area contributed by atoms with Crippen LogP contribution in [-0.4, -0.2) is 68.6 Å². The summed E-state index contributed by atoms with van der Waals surface area (Å²) in [5.41, 5.74) is 4.68. The Kier molecular flexibility index (Phi) is 5.85. The largest absolute Gasteiger partial charge is 0.378 e. The van der Waals surface area contributed by atoms with Crippen molar-refractivity contribution in [3.63, 3.8) is 0 Å². The number of morpholine rings is 1. The Labute approximate surface area is 143 Å². The third-order valence-corrected chi connectivity index (χ3v) is 4.42. The molecule has 1 aliphatic rings. The Bertz CT molecular complexity index is 619. The van der Waals surface area contributed by atoms with Gasteiger partial charge in [0.25, 0.3) is 0 Å². The lowest BCUT2D eigenvalue weighted by molar-refractivity contribution is 0.122. The molecule has 0 amide bonds. The predicted octanol–water partition coefficient (Wildman–Crippen LogP) is 1.56. The molecule has 24 heavy (non-hydrogen) atoms. The van der Waals surface area contributed by atoms with Gasteiger partial charge < -0.3 is 19.9 Å². The molecule has 0 radical (unpaired) electrons. The zero-order chi connectivity index (χ0) is 16.8. The fourth-order valence-corrected chi connectivity index (χ4v) is 3.01. The van der Waals surface area contributed by atoms with Gasteiger partial charge >= 0.3 is 0 Å². The second-order valence-electron chi connectivity index (χ2n) is 6.25. The van der Waals surface area contributed by atoms with E-state index in [1.54, 1.807) is 0 Å². The highest BCUT2D eigenvalue weighted by molar-refractivity contribution is 5.65. The van der Waals surface area contributed by atoms with Crippen LogP contribution in [0.5, 0.6) is 0 Å². The van der Waals surface area contributed by atoms with Crippen molar-refractivity contribution in [2.75, 3.05) is 58.4 Å². The first-order valence-electron chi connectivity index (χ1n) is 8.57. The van der Waals surface area contributed by atoms with Gasteiger partial charge in [0.2, 0.25) is 0 Å². The highest BCUT2D eigenvalue weighted by Gasteiger charge is 2.13. The molecule has 1 fully saturated rings. The molecule has 1 aliphatic heterocycles. The molecule has 130 valence electrons. The first-order chi connectivity index (χ1) is 11.8. The lowest BCUT2D eigenvalue weighted by Gasteiger charge is -2.28. The average molecular weight is 329 g/mol. The zero-order valence-electron chi connectivity index (χ0n) is 14.6. The first-order valence-corrected chi connectivity index (χ1v) is 8.57. The van der Waals surface area contributed by atoms with Crippen molar-refractivity contribution in [3.8, 4) is 11.3 Å². The fourth-order valence-electron chi connectivity index (χ4n) is 3.01. The molecule has 0 atom stereocenters. The fraction of sp³-hybridized carbons (Fsp3) is 0.500. The smallest absolute Gasteiger partial charge is 0.0965 e. The molecule has 0 aliphatic carbocycles. The maximum atomic E-state index is 5.42. The summed E-state index contributed by atoms with van der Waals surface area (Å²) in [4.78, 5) is 4.66. The zero-order valence-corrected chi connectivity index (χ0v) is 14.6. The van der Waals surface area contributed by atoms with Crippen molar-refractivity contribution in [3.05, 3.63) is 36.0 Å². The molecule has 2 heterocycles. The lowest BCUT2D eigenvalue weighted by atomic mass is 10.1. The number of benzene rings is 1. The second kappa shape index (κ2) is 8.28. The molecule has 1 aromatic carbocycles. The monoisotopic (exact) mass is 329 g/mol. The molecule has 1 aromatic heterocycles. The quantitative estimate of drug-likeness (QED) is 0.807. The molecule has 2 N–H and O–H groups in total. The van der Waals surface area contributed by atoms with Gasteiger partial charge in [-0.1, -0.05) is 12.1 Å². The highest BCUT2D eigenvalue weighted by atomic mass is 16.5. The molecule has 0 spiro atoms. The molecular formula is C18H27N5O. The molecule has 1 saturated heterocycles. The maximum Gasteiger partial charge on any atom is 0.0965 e. The number of ether oxygens (including phenoxy) is 1. The standard InChI is InChI=1S/C18H27N5O/c1-19-7-8-22(2)14-16-13-20-21-18(16)15-3-5-17(6-4-15)23-9-11-24-12-10-23/h3-6,13,19H,7-12,14H2,1-2H3,(H,20,21). The van der Waals surface area contributed by atoms with Crippen molar-refractivity contribution < 1.29 is 4.74 Å². The van der Waals surface area contributed by atoms with Gasteiger partial charge in [0.15, 0.2) is 0 Å². The van der Waals surface area contributed by atoms with E-state index in [0.717, 1.165) is 57.2 Å². The first kappa shape index (κ1) is 17.0. The van der Waals surface area contributed by atoms with E-state index in [-0.39, 0.29) is 0 Å². The number of nitrogens with one attached hydrogen (secondary N) is 2. The molecule has 3 rings (SSSR count). The van der Waals surface area contributed by atoms with Crippen molar-refractivity contribution >= 4 is 5.69 Å². The number of hydrogen-bond acceptors (Lipinski definition) is 5. The van der Waals surface area contributed by atoms with Crippen LogP contribution in [0.1, 0.15) is 5.56 Å². The van der Waals surface area contributed by atoms with Crippen molar-refractivity contribution in [2.24, 2.45) is 0 Å². The van der Waals surface area contributed by atoms with Crippen LogP contribution in [0.3, 0.4) is 0 Å². The number of likely N-dealkylation sites (N-methyl/N-ethyl adjacent to an activating group) is 2. The molecule has 2 aromatic rings. The molecule has 0 unspecified atom stereocenters. The molecule has 0 bridgehead atoms. The summed E-state index contributed by atoms with van der Waals surface area (Å²) >= 11 is 0. The topological polar surface area (TPSA) is 56.4 Å². The van der Waals surface area contributed by atoms with Crippen LogP contribution >= 0.6 is 0 Å². The molecule has 0 saturated carbocycles. The normalized spacial score (nSPS) is 15.2. The number of aromatic nitrogens is 2. The molecule has 6 nitrogen and oxygen atoms in total. The summed E-state index contributed by atoms with van der Waals surface area (Å²) in [7, 11) is 4.11. The second-order valence-corrected chi connectivity index (χ2v) is 6.25. The minimum Gasteiger partial charge on any atom is -0.378 e. The highest BCUT2D eigenvalue weighted by Crippen LogP contribution is 2.25. The van der Waals surface area contributed by atoms with Crippen LogP contribution in [0.2, 0.25) is 0 Å². The van der Waals surface area contributed by atoms with Crippen LogP contribution < -0.4 is 10.2 Å². The molecular weight excluding hydrogens is 302 g/mol. The van der Waals surface area contributed by atoms with Gasteiger partial charge in [0.05, 0.1) is 18.9 Å². The van der Waals surface area contributed by atoms with Crippen LogP contribution in [0.15, 0.2) is 30.5 Å². The van der Waals surface area contributed by atoms with E-state index in [1.165, 1.54) is 11.3 Å². The lowest BCUT2D eigenvalue weighted by Crippen LogP contribution is -2.36. The van der Waals surface area contributed by atoms with Gasteiger partial charge in [-0.15, -0.1) is 0 Å². The summed E-state index contributed by atoms with van der Waals surface area (Å²) in [6.07, 6.45) is 2.00. The van der Waals surface area contributed by atoms with Gasteiger partial charge in [-0.25, -0.2) is 0 Å². The minimum absolute atomic E-state index is 0.810. The van der Waals surface area contributed by atoms with Crippen LogP contribution in [0, 0.1) is 0 Å². The third-order valence-electron chi connectivity index (χ3n) is 4.42. The van der Waals surface area contributed by atoms with Gasteiger partial charge in [0, 0.05) is 55.7 Å². The van der Waals surface area contributed by atoms with E-state index in [2.05, 4.69) is 56.6 Å². The minimum atomic E-state index is 0.810. The van der Waals surface area contributed by atoms with Crippen LogP contribution in [0.4, 0.5) is 5.69 Å². The SMILES string of the molecule is CNCCN(C)Cc1c[nH]nc1-c1ccc(N2CCOCC2)cc1. The summed E-state index contributed by atoms with van der Waals surface area (Å²) in [6, 6.07) is 8.70. The predicted molar refractivity (Wildman–Crippen MR) is 97.3 cm³/mol. The van der Waals surface area contributed by atoms with Crippen molar-refractivity contribution in [1.82, 2.24) is 20.4 Å². The summed E-state index contributed by atoms with van der Waals surface area (Å²) in [5.74, 6) is 0. The Balaban J connectivity index is 1.69. The number of hydrogen-bond donors (Lipinski definition) is 2. The third kappa shape index (κ3) is 4.14. The maximum absolute atomic E-state index is 5.42. The summed E-state index contributed by atoms with van der Waals surface area (Å²) in [5, 5.41) is 10.7. The number of aromatic amines is 1. The summed E-state index contributed by atoms with van der Waals surface area (Å²) in [6.45, 7) is 6.43. The van der Waals surface area contributed by atoms with E-state index in [4.69, 9.17) is 4.74 Å². The molecule has 6 heteroatoms. The Morgan fingerprint density at radius 3 is 2.71 bits per heavy atom. The van der Waals surface area contributed by atoms with E-state index in [1.807, 2.05) is 13.2 Å². The van der Waals surface area contributed by atoms with Gasteiger partial charge in [0.1, 0.15) is 0 Å². The van der Waals surface area contributed by atoms with Gasteiger partial charge in [-0.2, -0.15) is 5.10 Å². The summed E-state index contributed by atoms with van der Waals surface area (Å²) < 4.78 is 5.42. The van der Waals surface area contributed by atoms with Crippen LogP contribution in [0.25, 0.3) is 11.3 Å². The van der Waals surface area contributed by atoms with Gasteiger partial charge in [-0.3, -0.25) is 5.10 Å². The van der Waals surface area contributed by atoms with Crippen LogP contribution in [-0.2, 0) is 11.3 Å². The Hall–Kier alpha value is -1.89. The van der Waals surface area contributed by atoms with Crippen molar-refractivity contribution in [2.45, 2.75) is 6.54 Å². The van der Waals surface area contributed by atoms with E-state index < -0.39 is 0 Å². The number of nitrogens with zero attached hydrogens (tertiary/aromatic N) is 3. The van der Waals surface area contributed by atoms with E-state index in [0.29, 0.717) is 0 Å². The van der Waals surface area contributed by atoms with E-state index >= 15 is 0 Å². The van der Waals surface area contributed by atoms with Crippen molar-refractivity contribution in [1.29, 1.82) is 0 Å². The number of H-pyrrole nitrogens is 1.